The minimum Gasteiger partial charge on any atom is -0.493 e. The van der Waals surface area contributed by atoms with Crippen molar-refractivity contribution in [2.45, 2.75) is 25.6 Å². The zero-order valence-corrected chi connectivity index (χ0v) is 20.8. The number of halogens is 1. The molecular formula is C25H28BrNO5. The summed E-state index contributed by atoms with van der Waals surface area (Å²) < 4.78 is 22.0. The van der Waals surface area contributed by atoms with Crippen LogP contribution < -0.4 is 18.9 Å². The fourth-order valence-corrected chi connectivity index (χ4v) is 4.21. The fraction of sp³-hybridized carbons (Fsp3) is 0.360. The standard InChI is InChI=1S/C25H28BrNO5/c1-14(2)9-19(28)25-18(13-26)27-17-12-23(32-6)22(31-5)11-16(17)24(25)15-7-8-20(29-3)21(10-15)30-4/h7-8,10-12,14H,9,13H2,1-6H3. The summed E-state index contributed by atoms with van der Waals surface area (Å²) in [7, 11) is 6.36. The van der Waals surface area contributed by atoms with E-state index < -0.39 is 0 Å². The van der Waals surface area contributed by atoms with Gasteiger partial charge in [0.15, 0.2) is 28.8 Å². The predicted octanol–water partition coefficient (Wildman–Crippen LogP) is 6.06. The summed E-state index contributed by atoms with van der Waals surface area (Å²) in [5.74, 6) is 2.60. The van der Waals surface area contributed by atoms with E-state index in [0.29, 0.717) is 51.5 Å². The molecule has 0 aliphatic rings. The van der Waals surface area contributed by atoms with Gasteiger partial charge in [0.25, 0.3) is 0 Å². The number of carbonyl (C=O) groups is 1. The molecule has 0 aliphatic carbocycles. The molecule has 0 aliphatic heterocycles. The number of Topliss-reactive ketones (excluding diaryl/α,β-unsaturated/α-hetero) is 1. The molecule has 0 radical (unpaired) electrons. The van der Waals surface area contributed by atoms with Crippen molar-refractivity contribution >= 4 is 32.6 Å². The molecule has 1 heterocycles. The minimum absolute atomic E-state index is 0.0448. The van der Waals surface area contributed by atoms with E-state index in [1.54, 1.807) is 28.4 Å². The molecular weight excluding hydrogens is 474 g/mol. The quantitative estimate of drug-likeness (QED) is 0.262. The zero-order chi connectivity index (χ0) is 23.4. The van der Waals surface area contributed by atoms with Gasteiger partial charge >= 0.3 is 0 Å². The third-order valence-corrected chi connectivity index (χ3v) is 5.77. The Kier molecular flexibility index (Phi) is 7.61. The molecule has 1 aromatic heterocycles. The maximum Gasteiger partial charge on any atom is 0.165 e. The van der Waals surface area contributed by atoms with E-state index in [1.807, 2.05) is 44.2 Å². The molecule has 0 amide bonds. The number of hydrogen-bond donors (Lipinski definition) is 0. The Morgan fingerprint density at radius 2 is 1.50 bits per heavy atom. The number of alkyl halides is 1. The van der Waals surface area contributed by atoms with Gasteiger partial charge in [-0.05, 0) is 29.7 Å². The number of ketones is 1. The molecule has 0 bridgehead atoms. The van der Waals surface area contributed by atoms with Crippen LogP contribution in [0.5, 0.6) is 23.0 Å². The number of benzene rings is 2. The van der Waals surface area contributed by atoms with Gasteiger partial charge in [0, 0.05) is 34.3 Å². The number of nitrogens with zero attached hydrogens (tertiary/aromatic N) is 1. The maximum atomic E-state index is 13.5. The topological polar surface area (TPSA) is 66.9 Å². The molecule has 3 aromatic rings. The molecule has 0 N–H and O–H groups in total. The number of methoxy groups -OCH3 is 4. The van der Waals surface area contributed by atoms with Crippen LogP contribution in [0, 0.1) is 5.92 Å². The Balaban J connectivity index is 2.46. The highest BCUT2D eigenvalue weighted by Crippen LogP contribution is 2.42. The van der Waals surface area contributed by atoms with Gasteiger partial charge in [0.1, 0.15) is 0 Å². The number of hydrogen-bond acceptors (Lipinski definition) is 6. The zero-order valence-electron chi connectivity index (χ0n) is 19.2. The number of rotatable bonds is 9. The highest BCUT2D eigenvalue weighted by Gasteiger charge is 2.24. The molecule has 0 atom stereocenters. The van der Waals surface area contributed by atoms with Crippen LogP contribution >= 0.6 is 15.9 Å². The smallest absolute Gasteiger partial charge is 0.165 e. The molecule has 6 nitrogen and oxygen atoms in total. The highest BCUT2D eigenvalue weighted by atomic mass is 79.9. The van der Waals surface area contributed by atoms with Crippen molar-refractivity contribution in [2.24, 2.45) is 5.92 Å². The van der Waals surface area contributed by atoms with Crippen LogP contribution in [-0.2, 0) is 5.33 Å². The molecule has 0 fully saturated rings. The van der Waals surface area contributed by atoms with Crippen molar-refractivity contribution in [1.82, 2.24) is 4.98 Å². The second-order valence-corrected chi connectivity index (χ2v) is 8.32. The van der Waals surface area contributed by atoms with Gasteiger partial charge in [-0.3, -0.25) is 9.78 Å². The van der Waals surface area contributed by atoms with E-state index in [0.717, 1.165) is 16.5 Å². The monoisotopic (exact) mass is 501 g/mol. The third-order valence-electron chi connectivity index (χ3n) is 5.24. The summed E-state index contributed by atoms with van der Waals surface area (Å²) in [6.07, 6.45) is 0.417. The summed E-state index contributed by atoms with van der Waals surface area (Å²) in [5.41, 5.74) is 3.61. The van der Waals surface area contributed by atoms with Gasteiger partial charge in [0.2, 0.25) is 0 Å². The Hall–Kier alpha value is -2.80. The maximum absolute atomic E-state index is 13.5. The minimum atomic E-state index is 0.0448. The van der Waals surface area contributed by atoms with Gasteiger partial charge < -0.3 is 18.9 Å². The molecule has 3 rings (SSSR count). The Bertz CT molecular complexity index is 1140. The molecule has 0 unspecified atom stereocenters. The first-order chi connectivity index (χ1) is 15.4. The first-order valence-corrected chi connectivity index (χ1v) is 11.4. The van der Waals surface area contributed by atoms with Gasteiger partial charge in [-0.15, -0.1) is 0 Å². The van der Waals surface area contributed by atoms with Gasteiger partial charge in [-0.1, -0.05) is 35.8 Å². The molecule has 2 aromatic carbocycles. The first-order valence-electron chi connectivity index (χ1n) is 10.3. The van der Waals surface area contributed by atoms with Crippen LogP contribution in [0.25, 0.3) is 22.0 Å². The average Bonchev–Trinajstić information content (AvgIpc) is 2.80. The summed E-state index contributed by atoms with van der Waals surface area (Å²) in [5, 5.41) is 1.24. The van der Waals surface area contributed by atoms with Crippen LogP contribution in [0.3, 0.4) is 0 Å². The lowest BCUT2D eigenvalue weighted by atomic mass is 9.89. The average molecular weight is 502 g/mol. The van der Waals surface area contributed by atoms with Crippen LogP contribution in [0.2, 0.25) is 0 Å². The molecule has 0 saturated heterocycles. The van der Waals surface area contributed by atoms with E-state index in [9.17, 15) is 4.79 Å². The molecule has 7 heteroatoms. The summed E-state index contributed by atoms with van der Waals surface area (Å²) in [4.78, 5) is 18.3. The third kappa shape index (κ3) is 4.53. The second kappa shape index (κ2) is 10.2. The number of pyridine rings is 1. The number of fused-ring (bicyclic) bond motifs is 1. The summed E-state index contributed by atoms with van der Waals surface area (Å²) in [6, 6.07) is 9.36. The lowest BCUT2D eigenvalue weighted by molar-refractivity contribution is 0.0967. The SMILES string of the molecule is COc1ccc(-c2c(C(=O)CC(C)C)c(CBr)nc3cc(OC)c(OC)cc23)cc1OC. The van der Waals surface area contributed by atoms with Crippen LogP contribution in [0.1, 0.15) is 36.3 Å². The van der Waals surface area contributed by atoms with Gasteiger partial charge in [0.05, 0.1) is 39.6 Å². The lowest BCUT2D eigenvalue weighted by Crippen LogP contribution is -2.11. The molecule has 32 heavy (non-hydrogen) atoms. The van der Waals surface area contributed by atoms with E-state index in [4.69, 9.17) is 23.9 Å². The number of carbonyl (C=O) groups excluding carboxylic acids is 1. The number of aromatic nitrogens is 1. The molecule has 0 saturated carbocycles. The highest BCUT2D eigenvalue weighted by molar-refractivity contribution is 9.08. The summed E-state index contributed by atoms with van der Waals surface area (Å²) in [6.45, 7) is 4.06. The van der Waals surface area contributed by atoms with Crippen molar-refractivity contribution in [3.05, 3.63) is 41.6 Å². The van der Waals surface area contributed by atoms with E-state index in [2.05, 4.69) is 15.9 Å². The van der Waals surface area contributed by atoms with E-state index >= 15 is 0 Å². The van der Waals surface area contributed by atoms with E-state index in [1.165, 1.54) is 0 Å². The Morgan fingerprint density at radius 3 is 2.06 bits per heavy atom. The molecule has 170 valence electrons. The Labute approximate surface area is 197 Å². The first kappa shape index (κ1) is 23.9. The normalized spacial score (nSPS) is 11.0. The lowest BCUT2D eigenvalue weighted by Gasteiger charge is -2.19. The predicted molar refractivity (Wildman–Crippen MR) is 130 cm³/mol. The van der Waals surface area contributed by atoms with Crippen molar-refractivity contribution in [1.29, 1.82) is 0 Å². The van der Waals surface area contributed by atoms with Crippen molar-refractivity contribution in [2.75, 3.05) is 28.4 Å². The fourth-order valence-electron chi connectivity index (χ4n) is 3.80. The van der Waals surface area contributed by atoms with Crippen molar-refractivity contribution in [3.8, 4) is 34.1 Å². The van der Waals surface area contributed by atoms with E-state index in [-0.39, 0.29) is 11.7 Å². The van der Waals surface area contributed by atoms with Gasteiger partial charge in [-0.2, -0.15) is 0 Å². The largest absolute Gasteiger partial charge is 0.493 e. The van der Waals surface area contributed by atoms with Crippen LogP contribution in [0.4, 0.5) is 0 Å². The van der Waals surface area contributed by atoms with Crippen molar-refractivity contribution in [3.63, 3.8) is 0 Å². The van der Waals surface area contributed by atoms with Crippen molar-refractivity contribution < 1.29 is 23.7 Å². The second-order valence-electron chi connectivity index (χ2n) is 7.76. The van der Waals surface area contributed by atoms with Crippen LogP contribution in [-0.4, -0.2) is 39.2 Å². The molecule has 0 spiro atoms. The van der Waals surface area contributed by atoms with Gasteiger partial charge in [-0.25, -0.2) is 0 Å². The van der Waals surface area contributed by atoms with Crippen LogP contribution in [0.15, 0.2) is 30.3 Å². The summed E-state index contributed by atoms with van der Waals surface area (Å²) >= 11 is 3.53. The number of ether oxygens (including phenoxy) is 4. The Morgan fingerprint density at radius 1 is 0.906 bits per heavy atom.